The van der Waals surface area contributed by atoms with Gasteiger partial charge in [0, 0.05) is 12.8 Å². The van der Waals surface area contributed by atoms with Crippen LogP contribution in [0.5, 0.6) is 0 Å². The van der Waals surface area contributed by atoms with Gasteiger partial charge in [0.1, 0.15) is 6.10 Å². The van der Waals surface area contributed by atoms with E-state index >= 15 is 0 Å². The molecule has 8 unspecified atom stereocenters. The molecule has 4 rings (SSSR count). The summed E-state index contributed by atoms with van der Waals surface area (Å²) in [4.78, 5) is 12.8. The van der Waals surface area contributed by atoms with Gasteiger partial charge in [-0.15, -0.1) is 0 Å². The van der Waals surface area contributed by atoms with Crippen LogP contribution in [0.15, 0.2) is 23.8 Å². The van der Waals surface area contributed by atoms with Crippen molar-refractivity contribution in [2.24, 2.45) is 46.3 Å². The molecule has 0 aliphatic heterocycles. The highest BCUT2D eigenvalue weighted by atomic mass is 16.5. The standard InChI is InChI=1S/C48H84O2/c1-7-8-9-10-11-12-13-14-15-16-17-18-19-20-21-22-23-24-28-46(49)50-41-33-35-47(5)40(37-41)29-30-42-44-32-31-43(39(4)27-25-26-38(2)3)48(44,6)36-34-45(42)47/h15-16,29,38-39,41-45H,7-14,17-28,30-37H2,1-6H3/b16-15-. The van der Waals surface area contributed by atoms with Gasteiger partial charge in [0.15, 0.2) is 0 Å². The van der Waals surface area contributed by atoms with Crippen LogP contribution < -0.4 is 0 Å². The second kappa shape index (κ2) is 21.6. The van der Waals surface area contributed by atoms with Gasteiger partial charge in [0.05, 0.1) is 0 Å². The number of fused-ring (bicyclic) bond motifs is 5. The Bertz CT molecular complexity index is 1020. The zero-order chi connectivity index (χ0) is 35.8. The zero-order valence-electron chi connectivity index (χ0n) is 34.4. The van der Waals surface area contributed by atoms with E-state index in [-0.39, 0.29) is 12.1 Å². The number of hydrogen-bond donors (Lipinski definition) is 0. The molecule has 0 aromatic rings. The minimum absolute atomic E-state index is 0.0594. The fourth-order valence-electron chi connectivity index (χ4n) is 11.9. The fraction of sp³-hybridized carbons (Fsp3) is 0.896. The Balaban J connectivity index is 1.06. The van der Waals surface area contributed by atoms with E-state index < -0.39 is 0 Å². The van der Waals surface area contributed by atoms with Crippen LogP contribution in [-0.4, -0.2) is 12.1 Å². The minimum atomic E-state index is 0.0594. The molecule has 0 radical (unpaired) electrons. The van der Waals surface area contributed by atoms with Gasteiger partial charge in [-0.2, -0.15) is 0 Å². The minimum Gasteiger partial charge on any atom is -0.462 e. The first-order chi connectivity index (χ1) is 24.2. The number of allylic oxidation sites excluding steroid dienone is 3. The summed E-state index contributed by atoms with van der Waals surface area (Å²) in [7, 11) is 0. The molecule has 0 aromatic carbocycles. The van der Waals surface area contributed by atoms with Gasteiger partial charge in [0.2, 0.25) is 0 Å². The quantitative estimate of drug-likeness (QED) is 0.0572. The lowest BCUT2D eigenvalue weighted by Gasteiger charge is -2.58. The SMILES string of the molecule is CCCCCCCCC/C=C\CCCCCCCCCC(=O)OC1CCC2(C)C(=CCC3C2CCC2(C)C(C(C)CCCC(C)C)CCC32)C1. The molecule has 0 heterocycles. The maximum atomic E-state index is 12.8. The predicted octanol–water partition coefficient (Wildman–Crippen LogP) is 15.1. The van der Waals surface area contributed by atoms with Gasteiger partial charge in [-0.1, -0.05) is 155 Å². The average molecular weight is 693 g/mol. The molecule has 3 saturated carbocycles. The van der Waals surface area contributed by atoms with Crippen LogP contribution >= 0.6 is 0 Å². The third-order valence-electron chi connectivity index (χ3n) is 15.0. The van der Waals surface area contributed by atoms with Crippen molar-refractivity contribution in [1.82, 2.24) is 0 Å². The number of hydrogen-bond acceptors (Lipinski definition) is 2. The molecule has 4 aliphatic rings. The van der Waals surface area contributed by atoms with Crippen molar-refractivity contribution in [3.8, 4) is 0 Å². The van der Waals surface area contributed by atoms with E-state index in [1.807, 2.05) is 0 Å². The maximum absolute atomic E-state index is 12.8. The summed E-state index contributed by atoms with van der Waals surface area (Å²) in [6.45, 7) is 15.0. The Morgan fingerprint density at radius 1 is 0.760 bits per heavy atom. The van der Waals surface area contributed by atoms with E-state index in [1.54, 1.807) is 5.57 Å². The largest absolute Gasteiger partial charge is 0.462 e. The zero-order valence-corrected chi connectivity index (χ0v) is 34.4. The molecule has 0 amide bonds. The van der Waals surface area contributed by atoms with Crippen LogP contribution in [0, 0.1) is 46.3 Å². The van der Waals surface area contributed by atoms with Crippen molar-refractivity contribution in [1.29, 1.82) is 0 Å². The highest BCUT2D eigenvalue weighted by Gasteiger charge is 2.59. The lowest BCUT2D eigenvalue weighted by Crippen LogP contribution is -2.51. The summed E-state index contributed by atoms with van der Waals surface area (Å²) in [6, 6.07) is 0. The predicted molar refractivity (Wildman–Crippen MR) is 216 cm³/mol. The summed E-state index contributed by atoms with van der Waals surface area (Å²) in [5.74, 6) is 5.32. The van der Waals surface area contributed by atoms with Gasteiger partial charge in [-0.25, -0.2) is 0 Å². The summed E-state index contributed by atoms with van der Waals surface area (Å²) >= 11 is 0. The van der Waals surface area contributed by atoms with E-state index in [4.69, 9.17) is 4.74 Å². The molecule has 3 fully saturated rings. The Morgan fingerprint density at radius 3 is 2.06 bits per heavy atom. The Hall–Kier alpha value is -1.05. The van der Waals surface area contributed by atoms with Crippen molar-refractivity contribution in [3.05, 3.63) is 23.8 Å². The average Bonchev–Trinajstić information content (AvgIpc) is 3.45. The van der Waals surface area contributed by atoms with Crippen molar-refractivity contribution in [2.45, 2.75) is 227 Å². The molecule has 0 spiro atoms. The Kier molecular flexibility index (Phi) is 18.0. The molecule has 50 heavy (non-hydrogen) atoms. The molecule has 288 valence electrons. The van der Waals surface area contributed by atoms with Gasteiger partial charge in [-0.05, 0) is 123 Å². The van der Waals surface area contributed by atoms with Gasteiger partial charge >= 0.3 is 5.97 Å². The molecule has 0 aromatic heterocycles. The smallest absolute Gasteiger partial charge is 0.306 e. The number of unbranched alkanes of at least 4 members (excludes halogenated alkanes) is 14. The van der Waals surface area contributed by atoms with E-state index in [1.165, 1.54) is 154 Å². The monoisotopic (exact) mass is 693 g/mol. The summed E-state index contributed by atoms with van der Waals surface area (Å²) in [5.41, 5.74) is 2.53. The Labute approximate surface area is 312 Å². The summed E-state index contributed by atoms with van der Waals surface area (Å²) in [5, 5.41) is 0. The van der Waals surface area contributed by atoms with Crippen molar-refractivity contribution in [2.75, 3.05) is 0 Å². The van der Waals surface area contributed by atoms with Crippen molar-refractivity contribution < 1.29 is 9.53 Å². The topological polar surface area (TPSA) is 26.3 Å². The Morgan fingerprint density at radius 2 is 1.40 bits per heavy atom. The van der Waals surface area contributed by atoms with Crippen LogP contribution in [0.1, 0.15) is 221 Å². The van der Waals surface area contributed by atoms with Gasteiger partial charge < -0.3 is 4.74 Å². The molecule has 2 heteroatoms. The van der Waals surface area contributed by atoms with E-state index in [2.05, 4.69) is 59.8 Å². The number of esters is 1. The third kappa shape index (κ3) is 12.0. The number of rotatable bonds is 24. The second-order valence-corrected chi connectivity index (χ2v) is 19.0. The molecular weight excluding hydrogens is 609 g/mol. The van der Waals surface area contributed by atoms with Crippen LogP contribution in [0.25, 0.3) is 0 Å². The highest BCUT2D eigenvalue weighted by molar-refractivity contribution is 5.69. The first-order valence-electron chi connectivity index (χ1n) is 22.7. The summed E-state index contributed by atoms with van der Waals surface area (Å²) < 4.78 is 6.14. The lowest BCUT2D eigenvalue weighted by molar-refractivity contribution is -0.151. The van der Waals surface area contributed by atoms with Crippen LogP contribution in [0.3, 0.4) is 0 Å². The van der Waals surface area contributed by atoms with E-state index in [0.29, 0.717) is 17.3 Å². The normalized spacial score (nSPS) is 31.3. The number of carbonyl (C=O) groups is 1. The molecule has 8 atom stereocenters. The molecule has 0 N–H and O–H groups in total. The molecule has 2 nitrogen and oxygen atoms in total. The first kappa shape index (κ1) is 41.7. The van der Waals surface area contributed by atoms with Crippen LogP contribution in [-0.2, 0) is 9.53 Å². The highest BCUT2D eigenvalue weighted by Crippen LogP contribution is 2.67. The van der Waals surface area contributed by atoms with E-state index in [0.717, 1.165) is 54.8 Å². The third-order valence-corrected chi connectivity index (χ3v) is 15.0. The number of ether oxygens (including phenoxy) is 1. The first-order valence-corrected chi connectivity index (χ1v) is 22.7. The molecule has 0 bridgehead atoms. The second-order valence-electron chi connectivity index (χ2n) is 19.0. The maximum Gasteiger partial charge on any atom is 0.306 e. The van der Waals surface area contributed by atoms with Crippen LogP contribution in [0.2, 0.25) is 0 Å². The molecular formula is C48H84O2. The van der Waals surface area contributed by atoms with Crippen LogP contribution in [0.4, 0.5) is 0 Å². The van der Waals surface area contributed by atoms with Gasteiger partial charge in [-0.3, -0.25) is 4.79 Å². The number of carbonyl (C=O) groups excluding carboxylic acids is 1. The lowest BCUT2D eigenvalue weighted by atomic mass is 9.47. The molecule has 0 saturated heterocycles. The van der Waals surface area contributed by atoms with Gasteiger partial charge in [0.25, 0.3) is 0 Å². The summed E-state index contributed by atoms with van der Waals surface area (Å²) in [6.07, 6.45) is 43.9. The fourth-order valence-corrected chi connectivity index (χ4v) is 11.9. The van der Waals surface area contributed by atoms with Crippen molar-refractivity contribution in [3.63, 3.8) is 0 Å². The molecule has 4 aliphatic carbocycles. The van der Waals surface area contributed by atoms with Crippen molar-refractivity contribution >= 4 is 5.97 Å². The van der Waals surface area contributed by atoms with E-state index in [9.17, 15) is 4.79 Å².